The third-order valence-corrected chi connectivity index (χ3v) is 4.23. The minimum Gasteiger partial charge on any atom is -0.350 e. The molecule has 1 amide bonds. The van der Waals surface area contributed by atoms with E-state index in [9.17, 15) is 4.79 Å². The number of rotatable bonds is 5. The Bertz CT molecular complexity index is 366. The van der Waals surface area contributed by atoms with Crippen LogP contribution in [0.25, 0.3) is 0 Å². The van der Waals surface area contributed by atoms with Gasteiger partial charge in [-0.3, -0.25) is 4.79 Å². The summed E-state index contributed by atoms with van der Waals surface area (Å²) in [5, 5.41) is 8.38. The third-order valence-electron chi connectivity index (χ3n) is 3.60. The maximum atomic E-state index is 12.4. The number of amides is 1. The molecule has 100 valence electrons. The van der Waals surface area contributed by atoms with Crippen molar-refractivity contribution in [2.24, 2.45) is 5.41 Å². The summed E-state index contributed by atoms with van der Waals surface area (Å²) in [6, 6.07) is 0. The van der Waals surface area contributed by atoms with E-state index in [4.69, 9.17) is 0 Å². The number of aromatic nitrogens is 1. The highest BCUT2D eigenvalue weighted by Crippen LogP contribution is 2.31. The van der Waals surface area contributed by atoms with Crippen molar-refractivity contribution in [1.82, 2.24) is 15.6 Å². The Morgan fingerprint density at radius 1 is 1.67 bits per heavy atom. The maximum absolute atomic E-state index is 12.4. The van der Waals surface area contributed by atoms with Crippen LogP contribution in [0.3, 0.4) is 0 Å². The molecule has 0 spiro atoms. The summed E-state index contributed by atoms with van der Waals surface area (Å²) in [5.74, 6) is 0.185. The first kappa shape index (κ1) is 13.5. The molecular formula is C13H21N3OS. The zero-order chi connectivity index (χ0) is 12.8. The largest absolute Gasteiger partial charge is 0.350 e. The highest BCUT2D eigenvalue weighted by atomic mass is 32.1. The van der Waals surface area contributed by atoms with Gasteiger partial charge in [-0.05, 0) is 25.8 Å². The zero-order valence-electron chi connectivity index (χ0n) is 10.9. The van der Waals surface area contributed by atoms with E-state index in [2.05, 4.69) is 22.5 Å². The first-order chi connectivity index (χ1) is 8.77. The second kappa shape index (κ2) is 6.29. The monoisotopic (exact) mass is 267 g/mol. The van der Waals surface area contributed by atoms with Crippen LogP contribution in [0, 0.1) is 5.41 Å². The van der Waals surface area contributed by atoms with Gasteiger partial charge in [0.2, 0.25) is 5.91 Å². The molecule has 0 bridgehead atoms. The van der Waals surface area contributed by atoms with Gasteiger partial charge in [0, 0.05) is 11.9 Å². The Morgan fingerprint density at radius 3 is 3.17 bits per heavy atom. The maximum Gasteiger partial charge on any atom is 0.227 e. The van der Waals surface area contributed by atoms with Crippen LogP contribution in [0.2, 0.25) is 0 Å². The summed E-state index contributed by atoms with van der Waals surface area (Å²) in [7, 11) is 0. The number of hydrogen-bond acceptors (Lipinski definition) is 4. The number of carbonyl (C=O) groups excluding carboxylic acids is 1. The molecule has 0 radical (unpaired) electrons. The number of nitrogens with one attached hydrogen (secondary N) is 2. The fraction of sp³-hybridized carbons (Fsp3) is 0.692. The van der Waals surface area contributed by atoms with Gasteiger partial charge < -0.3 is 10.6 Å². The van der Waals surface area contributed by atoms with Gasteiger partial charge in [0.15, 0.2) is 0 Å². The van der Waals surface area contributed by atoms with E-state index in [0.717, 1.165) is 44.5 Å². The summed E-state index contributed by atoms with van der Waals surface area (Å²) < 4.78 is 0. The predicted octanol–water partition coefficient (Wildman–Crippen LogP) is 1.93. The van der Waals surface area contributed by atoms with Gasteiger partial charge in [0.1, 0.15) is 0 Å². The Balaban J connectivity index is 1.95. The van der Waals surface area contributed by atoms with E-state index >= 15 is 0 Å². The lowest BCUT2D eigenvalue weighted by Gasteiger charge is -2.36. The van der Waals surface area contributed by atoms with Gasteiger partial charge in [-0.15, -0.1) is 11.3 Å². The van der Waals surface area contributed by atoms with E-state index in [1.165, 1.54) is 0 Å². The number of thiazole rings is 1. The summed E-state index contributed by atoms with van der Waals surface area (Å²) in [6.45, 7) is 4.53. The first-order valence-corrected chi connectivity index (χ1v) is 7.57. The Kier molecular flexibility index (Phi) is 4.72. The lowest BCUT2D eigenvalue weighted by atomic mass is 9.76. The molecule has 0 aromatic carbocycles. The Hall–Kier alpha value is -0.940. The second-order valence-corrected chi connectivity index (χ2v) is 5.69. The standard InChI is InChI=1S/C13H21N3OS/c1-2-4-13(5-3-6-14-9-13)12(17)15-7-11-8-18-10-16-11/h8,10,14H,2-7,9H2,1H3,(H,15,17). The number of nitrogens with zero attached hydrogens (tertiary/aromatic N) is 1. The van der Waals surface area contributed by atoms with Crippen LogP contribution in [-0.4, -0.2) is 24.0 Å². The molecule has 5 heteroatoms. The van der Waals surface area contributed by atoms with Crippen molar-refractivity contribution in [1.29, 1.82) is 0 Å². The third kappa shape index (κ3) is 3.09. The molecule has 1 aromatic heterocycles. The van der Waals surface area contributed by atoms with Gasteiger partial charge in [-0.1, -0.05) is 13.3 Å². The van der Waals surface area contributed by atoms with Crippen LogP contribution < -0.4 is 10.6 Å². The highest BCUT2D eigenvalue weighted by molar-refractivity contribution is 7.07. The molecule has 18 heavy (non-hydrogen) atoms. The van der Waals surface area contributed by atoms with Crippen LogP contribution in [0.1, 0.15) is 38.3 Å². The summed E-state index contributed by atoms with van der Waals surface area (Å²) in [5.41, 5.74) is 2.54. The fourth-order valence-corrected chi connectivity index (χ4v) is 3.21. The molecule has 4 nitrogen and oxygen atoms in total. The lowest BCUT2D eigenvalue weighted by molar-refractivity contribution is -0.132. The van der Waals surface area contributed by atoms with Crippen molar-refractivity contribution in [2.75, 3.05) is 13.1 Å². The molecule has 1 aliphatic heterocycles. The Labute approximate surface area is 112 Å². The minimum absolute atomic E-state index is 0.185. The van der Waals surface area contributed by atoms with Crippen molar-refractivity contribution in [2.45, 2.75) is 39.2 Å². The number of hydrogen-bond donors (Lipinski definition) is 2. The Morgan fingerprint density at radius 2 is 2.56 bits per heavy atom. The predicted molar refractivity (Wildman–Crippen MR) is 73.4 cm³/mol. The summed E-state index contributed by atoms with van der Waals surface area (Å²) >= 11 is 1.56. The average Bonchev–Trinajstić information content (AvgIpc) is 2.90. The molecule has 0 saturated carbocycles. The van der Waals surface area contributed by atoms with Gasteiger partial charge in [0.05, 0.1) is 23.2 Å². The molecule has 1 aliphatic rings. The molecular weight excluding hydrogens is 246 g/mol. The van der Waals surface area contributed by atoms with Crippen LogP contribution in [0.4, 0.5) is 0 Å². The summed E-state index contributed by atoms with van der Waals surface area (Å²) in [6.07, 6.45) is 4.09. The van der Waals surface area contributed by atoms with Crippen LogP contribution in [0.5, 0.6) is 0 Å². The molecule has 1 fully saturated rings. The van der Waals surface area contributed by atoms with Crippen LogP contribution in [-0.2, 0) is 11.3 Å². The van der Waals surface area contributed by atoms with Crippen molar-refractivity contribution in [3.05, 3.63) is 16.6 Å². The quantitative estimate of drug-likeness (QED) is 0.857. The first-order valence-electron chi connectivity index (χ1n) is 6.63. The molecule has 0 aliphatic carbocycles. The SMILES string of the molecule is CCCC1(C(=O)NCc2cscn2)CCCNC1. The molecule has 1 atom stereocenters. The zero-order valence-corrected chi connectivity index (χ0v) is 11.7. The van der Waals surface area contributed by atoms with E-state index in [1.807, 2.05) is 5.38 Å². The summed E-state index contributed by atoms with van der Waals surface area (Å²) in [4.78, 5) is 16.6. The van der Waals surface area contributed by atoms with Crippen molar-refractivity contribution in [3.8, 4) is 0 Å². The van der Waals surface area contributed by atoms with Gasteiger partial charge in [-0.25, -0.2) is 4.98 Å². The number of piperidine rings is 1. The smallest absolute Gasteiger partial charge is 0.227 e. The van der Waals surface area contributed by atoms with E-state index < -0.39 is 0 Å². The van der Waals surface area contributed by atoms with Crippen molar-refractivity contribution >= 4 is 17.2 Å². The molecule has 2 rings (SSSR count). The molecule has 1 aromatic rings. The molecule has 2 heterocycles. The normalized spacial score (nSPS) is 23.8. The molecule has 2 N–H and O–H groups in total. The fourth-order valence-electron chi connectivity index (χ4n) is 2.65. The van der Waals surface area contributed by atoms with Crippen LogP contribution in [0.15, 0.2) is 10.9 Å². The van der Waals surface area contributed by atoms with Gasteiger partial charge in [-0.2, -0.15) is 0 Å². The van der Waals surface area contributed by atoms with Crippen molar-refractivity contribution in [3.63, 3.8) is 0 Å². The minimum atomic E-state index is -0.205. The molecule has 1 unspecified atom stereocenters. The van der Waals surface area contributed by atoms with Crippen LogP contribution >= 0.6 is 11.3 Å². The second-order valence-electron chi connectivity index (χ2n) is 4.97. The van der Waals surface area contributed by atoms with E-state index in [1.54, 1.807) is 16.8 Å². The van der Waals surface area contributed by atoms with E-state index in [-0.39, 0.29) is 11.3 Å². The van der Waals surface area contributed by atoms with E-state index in [0.29, 0.717) is 6.54 Å². The highest BCUT2D eigenvalue weighted by Gasteiger charge is 2.38. The van der Waals surface area contributed by atoms with Gasteiger partial charge >= 0.3 is 0 Å². The number of carbonyl (C=O) groups is 1. The van der Waals surface area contributed by atoms with Crippen molar-refractivity contribution < 1.29 is 4.79 Å². The molecule has 1 saturated heterocycles. The average molecular weight is 267 g/mol. The van der Waals surface area contributed by atoms with Gasteiger partial charge in [0.25, 0.3) is 0 Å². The topological polar surface area (TPSA) is 54.0 Å². The lowest BCUT2D eigenvalue weighted by Crippen LogP contribution is -2.50.